The fourth-order valence-corrected chi connectivity index (χ4v) is 5.54. The van der Waals surface area contributed by atoms with Gasteiger partial charge in [-0.1, -0.05) is 107 Å². The van der Waals surface area contributed by atoms with E-state index in [9.17, 15) is 0 Å². The number of para-hydroxylation sites is 1. The van der Waals surface area contributed by atoms with Crippen LogP contribution < -0.4 is 5.73 Å². The highest BCUT2D eigenvalue weighted by Gasteiger charge is 2.14. The number of rotatable bonds is 11. The lowest BCUT2D eigenvalue weighted by Gasteiger charge is -2.09. The van der Waals surface area contributed by atoms with Gasteiger partial charge in [0, 0.05) is 46.7 Å². The van der Waals surface area contributed by atoms with Crippen molar-refractivity contribution in [2.75, 3.05) is 0 Å². The largest absolute Gasteiger partial charge is 0.398 e. The van der Waals surface area contributed by atoms with Crippen LogP contribution in [0.5, 0.6) is 0 Å². The predicted octanol–water partition coefficient (Wildman–Crippen LogP) is 12.5. The van der Waals surface area contributed by atoms with E-state index >= 15 is 0 Å². The molecule has 4 heteroatoms. The highest BCUT2D eigenvalue weighted by atomic mass is 15.0. The van der Waals surface area contributed by atoms with E-state index < -0.39 is 0 Å². The lowest BCUT2D eigenvalue weighted by molar-refractivity contribution is 1.15. The molecule has 4 nitrogen and oxygen atoms in total. The first-order valence-corrected chi connectivity index (χ1v) is 17.2. The van der Waals surface area contributed by atoms with Crippen molar-refractivity contribution in [3.8, 4) is 16.8 Å². The van der Waals surface area contributed by atoms with Crippen molar-refractivity contribution < 1.29 is 0 Å². The van der Waals surface area contributed by atoms with Gasteiger partial charge in [-0.05, 0) is 109 Å². The molecule has 0 saturated carbocycles. The Balaban J connectivity index is 0.00000157. The molecule has 5 aromatic rings. The van der Waals surface area contributed by atoms with E-state index in [1.807, 2.05) is 71.9 Å². The second-order valence-corrected chi connectivity index (χ2v) is 11.0. The molecule has 0 bridgehead atoms. The van der Waals surface area contributed by atoms with Crippen LogP contribution in [-0.2, 0) is 6.42 Å². The summed E-state index contributed by atoms with van der Waals surface area (Å²) in [5.41, 5.74) is 17.8. The number of aromatic nitrogens is 2. The van der Waals surface area contributed by atoms with Gasteiger partial charge in [0.1, 0.15) is 0 Å². The summed E-state index contributed by atoms with van der Waals surface area (Å²) in [7, 11) is 0. The molecular formula is C45H52N4. The van der Waals surface area contributed by atoms with E-state index in [2.05, 4.69) is 120 Å². The van der Waals surface area contributed by atoms with Crippen LogP contribution in [-0.4, -0.2) is 15.8 Å². The molecule has 0 saturated heterocycles. The van der Waals surface area contributed by atoms with E-state index in [1.54, 1.807) is 6.08 Å². The number of H-pyrrole nitrogens is 1. The number of aromatic amines is 1. The van der Waals surface area contributed by atoms with Crippen molar-refractivity contribution >= 4 is 34.1 Å². The Kier molecular flexibility index (Phi) is 14.9. The van der Waals surface area contributed by atoms with E-state index in [0.717, 1.165) is 62.2 Å². The predicted molar refractivity (Wildman–Crippen MR) is 218 cm³/mol. The molecule has 4 N–H and O–H groups in total. The smallest absolute Gasteiger partial charge is 0.0547 e. The summed E-state index contributed by atoms with van der Waals surface area (Å²) in [6.07, 6.45) is 22.1. The van der Waals surface area contributed by atoms with Crippen molar-refractivity contribution in [2.45, 2.75) is 54.9 Å². The van der Waals surface area contributed by atoms with Crippen LogP contribution in [0.3, 0.4) is 0 Å². The minimum absolute atomic E-state index is 0.649. The second-order valence-electron chi connectivity index (χ2n) is 11.0. The molecule has 0 aliphatic rings. The van der Waals surface area contributed by atoms with Crippen LogP contribution in [0.25, 0.3) is 44.7 Å². The summed E-state index contributed by atoms with van der Waals surface area (Å²) in [5, 5.41) is 9.64. The highest BCUT2D eigenvalue weighted by Crippen LogP contribution is 2.36. The Labute approximate surface area is 293 Å². The van der Waals surface area contributed by atoms with Gasteiger partial charge in [0.15, 0.2) is 0 Å². The minimum atomic E-state index is 0.649. The number of nitrogens with two attached hydrogens (primary N) is 1. The van der Waals surface area contributed by atoms with E-state index in [4.69, 9.17) is 11.1 Å². The molecule has 2 heterocycles. The zero-order valence-electron chi connectivity index (χ0n) is 30.2. The average molecular weight is 649 g/mol. The molecule has 252 valence electrons. The maximum absolute atomic E-state index is 7.22. The first-order chi connectivity index (χ1) is 23.9. The van der Waals surface area contributed by atoms with E-state index in [0.29, 0.717) is 5.70 Å². The van der Waals surface area contributed by atoms with Gasteiger partial charge in [0.05, 0.1) is 11.0 Å². The first-order valence-electron chi connectivity index (χ1n) is 17.2. The molecular weight excluding hydrogens is 597 g/mol. The number of nitrogens with one attached hydrogen (secondary N) is 2. The van der Waals surface area contributed by atoms with Gasteiger partial charge in [0.25, 0.3) is 0 Å². The molecule has 49 heavy (non-hydrogen) atoms. The summed E-state index contributed by atoms with van der Waals surface area (Å²) in [6.45, 7) is 18.3. The molecule has 0 amide bonds. The van der Waals surface area contributed by atoms with Crippen LogP contribution >= 0.6 is 0 Å². The van der Waals surface area contributed by atoms with Crippen molar-refractivity contribution in [3.63, 3.8) is 0 Å². The monoisotopic (exact) mass is 648 g/mol. The summed E-state index contributed by atoms with van der Waals surface area (Å²) in [4.78, 5) is 3.39. The fourth-order valence-electron chi connectivity index (χ4n) is 5.54. The van der Waals surface area contributed by atoms with Crippen molar-refractivity contribution in [1.29, 1.82) is 5.41 Å². The summed E-state index contributed by atoms with van der Waals surface area (Å²) in [5.74, 6) is 0. The number of allylic oxidation sites excluding steroid dienone is 10. The summed E-state index contributed by atoms with van der Waals surface area (Å²) in [6, 6.07) is 26.2. The number of hydrogen-bond donors (Lipinski definition) is 3. The van der Waals surface area contributed by atoms with Crippen molar-refractivity contribution in [1.82, 2.24) is 9.55 Å². The second kappa shape index (κ2) is 19.3. The van der Waals surface area contributed by atoms with Gasteiger partial charge in [-0.3, -0.25) is 0 Å². The molecule has 2 aromatic heterocycles. The lowest BCUT2D eigenvalue weighted by atomic mass is 10.00. The molecule has 0 aliphatic heterocycles. The van der Waals surface area contributed by atoms with Gasteiger partial charge in [-0.25, -0.2) is 0 Å². The zero-order valence-corrected chi connectivity index (χ0v) is 30.2. The molecule has 3 aromatic carbocycles. The molecule has 0 atom stereocenters. The molecule has 0 aliphatic carbocycles. The van der Waals surface area contributed by atoms with Crippen LogP contribution in [0.1, 0.15) is 59.7 Å². The number of fused-ring (bicyclic) bond motifs is 3. The fraction of sp³-hybridized carbons (Fsp3) is 0.178. The third kappa shape index (κ3) is 9.48. The first kappa shape index (κ1) is 37.8. The maximum Gasteiger partial charge on any atom is 0.0547 e. The highest BCUT2D eigenvalue weighted by molar-refractivity contribution is 6.10. The van der Waals surface area contributed by atoms with Gasteiger partial charge in [-0.15, -0.1) is 0 Å². The molecule has 0 fully saturated rings. The third-order valence-electron chi connectivity index (χ3n) is 7.81. The van der Waals surface area contributed by atoms with E-state index in [1.165, 1.54) is 17.0 Å². The Morgan fingerprint density at radius 2 is 1.55 bits per heavy atom. The standard InChI is InChI=1S/C41H40N4.2C2H6/c1-5-7-17-39(43)30(4)23-29(3)32(13-6-2)24-31-18-20-37-38-21-19-33(34-26-35(44-28-34)14-11-12-22-42)27-41(38)45(40(37)25-31)36-15-9-8-10-16-36;2*1-2/h5-13,15-28,42,44H,4,14,43H2,1-3H3;2*1-2H3/b7-5-,12-11-,13-6-,29-23+,32-24+,39-17-,42-22?;;. The zero-order chi connectivity index (χ0) is 35.8. The van der Waals surface area contributed by atoms with Crippen LogP contribution in [0, 0.1) is 5.41 Å². The third-order valence-corrected chi connectivity index (χ3v) is 7.81. The van der Waals surface area contributed by atoms with Crippen LogP contribution in [0.4, 0.5) is 0 Å². The van der Waals surface area contributed by atoms with E-state index in [-0.39, 0.29) is 0 Å². The summed E-state index contributed by atoms with van der Waals surface area (Å²) < 4.78 is 2.36. The normalized spacial score (nSPS) is 12.4. The van der Waals surface area contributed by atoms with Gasteiger partial charge in [-0.2, -0.15) is 0 Å². The number of benzene rings is 3. The number of nitrogens with zero attached hydrogens (tertiary/aromatic N) is 1. The summed E-state index contributed by atoms with van der Waals surface area (Å²) >= 11 is 0. The topological polar surface area (TPSA) is 70.6 Å². The molecule has 0 radical (unpaired) electrons. The lowest BCUT2D eigenvalue weighted by Crippen LogP contribution is -1.98. The van der Waals surface area contributed by atoms with Gasteiger partial charge >= 0.3 is 0 Å². The Morgan fingerprint density at radius 3 is 2.22 bits per heavy atom. The molecule has 5 rings (SSSR count). The number of hydrogen-bond acceptors (Lipinski definition) is 2. The Bertz CT molecular complexity index is 2040. The molecule has 0 spiro atoms. The van der Waals surface area contributed by atoms with Crippen molar-refractivity contribution in [3.05, 3.63) is 168 Å². The van der Waals surface area contributed by atoms with Crippen LogP contribution in [0.2, 0.25) is 0 Å². The van der Waals surface area contributed by atoms with Crippen LogP contribution in [0.15, 0.2) is 157 Å². The van der Waals surface area contributed by atoms with Gasteiger partial charge < -0.3 is 20.7 Å². The van der Waals surface area contributed by atoms with Crippen molar-refractivity contribution in [2.24, 2.45) is 5.73 Å². The average Bonchev–Trinajstić information content (AvgIpc) is 3.74. The maximum atomic E-state index is 7.22. The quantitative estimate of drug-likeness (QED) is 0.0968. The van der Waals surface area contributed by atoms with Gasteiger partial charge in [0.2, 0.25) is 0 Å². The minimum Gasteiger partial charge on any atom is -0.398 e. The SMILES string of the molecule is C=C(/C=C(C)/C(/C=C\C)=C/c1ccc2c3ccc(-c4c[nH]c(C/C=C\C=N)c4)cc3n(-c3ccccc3)c2c1)/C(N)=C/C=C\C.CC.CC. The Hall–Kier alpha value is -5.61. The molecule has 0 unspecified atom stereocenters. The Morgan fingerprint density at radius 1 is 0.857 bits per heavy atom.